The Kier molecular flexibility index (Phi) is 2.64. The molecule has 0 aliphatic rings. The molecule has 3 aromatic carbocycles. The smallest absolute Gasteiger partial charge is 0.336 e. The lowest BCUT2D eigenvalue weighted by atomic mass is 9.96. The number of rotatable bonds is 2. The highest BCUT2D eigenvalue weighted by molar-refractivity contribution is 6.14. The molecule has 4 nitrogen and oxygen atoms in total. The quantitative estimate of drug-likeness (QED) is 0.697. The molecule has 0 atom stereocenters. The predicted molar refractivity (Wildman–Crippen MR) is 75.4 cm³/mol. The summed E-state index contributed by atoms with van der Waals surface area (Å²) in [7, 11) is 0. The third-order valence-corrected chi connectivity index (χ3v) is 3.34. The zero-order valence-electron chi connectivity index (χ0n) is 10.3. The summed E-state index contributed by atoms with van der Waals surface area (Å²) in [5.41, 5.74) is 0.214. The van der Waals surface area contributed by atoms with Crippen LogP contribution in [0.25, 0.3) is 21.5 Å². The van der Waals surface area contributed by atoms with Crippen LogP contribution in [0.4, 0.5) is 0 Å². The Bertz CT molecular complexity index is 793. The number of fused-ring (bicyclic) bond motifs is 2. The fourth-order valence-corrected chi connectivity index (χ4v) is 2.41. The van der Waals surface area contributed by atoms with Gasteiger partial charge in [-0.1, -0.05) is 24.3 Å². The van der Waals surface area contributed by atoms with Crippen molar-refractivity contribution in [3.05, 3.63) is 59.7 Å². The summed E-state index contributed by atoms with van der Waals surface area (Å²) in [5, 5.41) is 21.1. The Morgan fingerprint density at radius 1 is 0.700 bits per heavy atom. The summed E-state index contributed by atoms with van der Waals surface area (Å²) in [4.78, 5) is 22.6. The molecule has 0 unspecified atom stereocenters. The van der Waals surface area contributed by atoms with E-state index in [0.29, 0.717) is 10.8 Å². The van der Waals surface area contributed by atoms with E-state index in [-0.39, 0.29) is 11.1 Å². The lowest BCUT2D eigenvalue weighted by Gasteiger charge is -2.08. The fourth-order valence-electron chi connectivity index (χ4n) is 2.41. The highest BCUT2D eigenvalue weighted by Crippen LogP contribution is 2.28. The van der Waals surface area contributed by atoms with Gasteiger partial charge in [-0.25, -0.2) is 9.59 Å². The molecule has 0 bridgehead atoms. The second-order valence-electron chi connectivity index (χ2n) is 4.52. The molecule has 98 valence electrons. The van der Waals surface area contributed by atoms with Gasteiger partial charge in [0, 0.05) is 0 Å². The number of hydrogen-bond acceptors (Lipinski definition) is 2. The number of aromatic carboxylic acids is 2. The van der Waals surface area contributed by atoms with Crippen LogP contribution in [-0.2, 0) is 0 Å². The van der Waals surface area contributed by atoms with Crippen molar-refractivity contribution in [3.8, 4) is 0 Å². The number of carboxylic acid groups (broad SMARTS) is 2. The molecule has 0 radical (unpaired) electrons. The zero-order valence-corrected chi connectivity index (χ0v) is 10.3. The lowest BCUT2D eigenvalue weighted by molar-refractivity contribution is 0.0684. The molecule has 2 N–H and O–H groups in total. The number of hydrogen-bond donors (Lipinski definition) is 2. The van der Waals surface area contributed by atoms with Gasteiger partial charge in [0.2, 0.25) is 0 Å². The Morgan fingerprint density at radius 3 is 1.45 bits per heavy atom. The number of benzene rings is 3. The van der Waals surface area contributed by atoms with E-state index in [9.17, 15) is 19.8 Å². The Labute approximate surface area is 113 Å². The van der Waals surface area contributed by atoms with Crippen molar-refractivity contribution < 1.29 is 19.8 Å². The molecule has 0 fully saturated rings. The highest BCUT2D eigenvalue weighted by atomic mass is 16.4. The summed E-state index contributed by atoms with van der Waals surface area (Å²) in [6.45, 7) is 0. The maximum atomic E-state index is 11.3. The first-order valence-corrected chi connectivity index (χ1v) is 6.00. The van der Waals surface area contributed by atoms with Gasteiger partial charge in [0.15, 0.2) is 0 Å². The molecule has 3 rings (SSSR count). The van der Waals surface area contributed by atoms with Crippen LogP contribution in [0, 0.1) is 0 Å². The van der Waals surface area contributed by atoms with E-state index < -0.39 is 11.9 Å². The highest BCUT2D eigenvalue weighted by Gasteiger charge is 2.15. The summed E-state index contributed by atoms with van der Waals surface area (Å²) >= 11 is 0. The van der Waals surface area contributed by atoms with Crippen molar-refractivity contribution in [2.24, 2.45) is 0 Å². The maximum absolute atomic E-state index is 11.3. The van der Waals surface area contributed by atoms with Crippen molar-refractivity contribution in [1.82, 2.24) is 0 Å². The molecule has 4 heteroatoms. The van der Waals surface area contributed by atoms with E-state index in [1.54, 1.807) is 12.1 Å². The minimum Gasteiger partial charge on any atom is -0.478 e. The molecule has 0 aromatic heterocycles. The molecule has 0 aliphatic carbocycles. The Balaban J connectivity index is 2.52. The first kappa shape index (κ1) is 12.2. The van der Waals surface area contributed by atoms with Crippen molar-refractivity contribution in [1.29, 1.82) is 0 Å². The number of carbonyl (C=O) groups is 2. The predicted octanol–water partition coefficient (Wildman–Crippen LogP) is 3.39. The Hall–Kier alpha value is -2.88. The molecule has 20 heavy (non-hydrogen) atoms. The van der Waals surface area contributed by atoms with Gasteiger partial charge in [-0.15, -0.1) is 0 Å². The molecule has 3 aromatic rings. The van der Waals surface area contributed by atoms with E-state index in [2.05, 4.69) is 0 Å². The Morgan fingerprint density at radius 2 is 1.10 bits per heavy atom. The normalized spacial score (nSPS) is 10.8. The van der Waals surface area contributed by atoms with Crippen LogP contribution in [0.15, 0.2) is 48.5 Å². The minimum atomic E-state index is -1.07. The molecular weight excluding hydrogens is 256 g/mol. The van der Waals surface area contributed by atoms with Gasteiger partial charge in [-0.3, -0.25) is 0 Å². The second-order valence-corrected chi connectivity index (χ2v) is 4.52. The average molecular weight is 266 g/mol. The topological polar surface area (TPSA) is 74.6 Å². The van der Waals surface area contributed by atoms with Gasteiger partial charge in [0.05, 0.1) is 11.1 Å². The molecule has 0 amide bonds. The lowest BCUT2D eigenvalue weighted by Crippen LogP contribution is -2.03. The van der Waals surface area contributed by atoms with Crippen LogP contribution in [0.2, 0.25) is 0 Å². The van der Waals surface area contributed by atoms with E-state index >= 15 is 0 Å². The van der Waals surface area contributed by atoms with Crippen molar-refractivity contribution in [3.63, 3.8) is 0 Å². The van der Waals surface area contributed by atoms with Gasteiger partial charge in [0.25, 0.3) is 0 Å². The van der Waals surface area contributed by atoms with Crippen LogP contribution in [0.5, 0.6) is 0 Å². The van der Waals surface area contributed by atoms with Crippen LogP contribution in [-0.4, -0.2) is 22.2 Å². The first-order chi connectivity index (χ1) is 9.58. The van der Waals surface area contributed by atoms with E-state index in [0.717, 1.165) is 10.8 Å². The van der Waals surface area contributed by atoms with Gasteiger partial charge < -0.3 is 10.2 Å². The van der Waals surface area contributed by atoms with Crippen LogP contribution in [0.3, 0.4) is 0 Å². The first-order valence-electron chi connectivity index (χ1n) is 6.00. The van der Waals surface area contributed by atoms with Crippen molar-refractivity contribution >= 4 is 33.5 Å². The maximum Gasteiger partial charge on any atom is 0.336 e. The van der Waals surface area contributed by atoms with Gasteiger partial charge in [-0.05, 0) is 45.8 Å². The average Bonchev–Trinajstić information content (AvgIpc) is 2.43. The van der Waals surface area contributed by atoms with Gasteiger partial charge >= 0.3 is 11.9 Å². The van der Waals surface area contributed by atoms with E-state index in [1.165, 1.54) is 12.1 Å². The second kappa shape index (κ2) is 4.35. The third-order valence-electron chi connectivity index (χ3n) is 3.34. The SMILES string of the molecule is O=C(O)c1ccc(C(=O)O)c2cc3ccccc3cc12. The van der Waals surface area contributed by atoms with Crippen molar-refractivity contribution in [2.45, 2.75) is 0 Å². The van der Waals surface area contributed by atoms with E-state index in [1.807, 2.05) is 24.3 Å². The van der Waals surface area contributed by atoms with Gasteiger partial charge in [-0.2, -0.15) is 0 Å². The van der Waals surface area contributed by atoms with Gasteiger partial charge in [0.1, 0.15) is 0 Å². The number of carboxylic acids is 2. The molecule has 0 heterocycles. The standard InChI is InChI=1S/C16H10O4/c17-15(18)11-5-6-12(16(19)20)14-8-10-4-2-1-3-9(10)7-13(11)14/h1-8H,(H,17,18)(H,19,20). The van der Waals surface area contributed by atoms with Crippen LogP contribution < -0.4 is 0 Å². The minimum absolute atomic E-state index is 0.107. The van der Waals surface area contributed by atoms with Crippen LogP contribution >= 0.6 is 0 Å². The molecule has 0 saturated heterocycles. The third kappa shape index (κ3) is 1.78. The summed E-state index contributed by atoms with van der Waals surface area (Å²) in [6, 6.07) is 13.6. The molecule has 0 saturated carbocycles. The molecule has 0 spiro atoms. The fraction of sp³-hybridized carbons (Fsp3) is 0. The zero-order chi connectivity index (χ0) is 14.3. The molecule has 0 aliphatic heterocycles. The van der Waals surface area contributed by atoms with Crippen molar-refractivity contribution in [2.75, 3.05) is 0 Å². The van der Waals surface area contributed by atoms with Crippen LogP contribution in [0.1, 0.15) is 20.7 Å². The summed E-state index contributed by atoms with van der Waals surface area (Å²) < 4.78 is 0. The molecular formula is C16H10O4. The largest absolute Gasteiger partial charge is 0.478 e. The summed E-state index contributed by atoms with van der Waals surface area (Å²) in [6.07, 6.45) is 0. The van der Waals surface area contributed by atoms with E-state index in [4.69, 9.17) is 0 Å². The summed E-state index contributed by atoms with van der Waals surface area (Å²) in [5.74, 6) is -2.13. The monoisotopic (exact) mass is 266 g/mol.